The van der Waals surface area contributed by atoms with Gasteiger partial charge in [0.2, 0.25) is 5.43 Å². The van der Waals surface area contributed by atoms with Crippen molar-refractivity contribution in [2.45, 2.75) is 18.9 Å². The van der Waals surface area contributed by atoms with Gasteiger partial charge in [0.25, 0.3) is 0 Å². The summed E-state index contributed by atoms with van der Waals surface area (Å²) in [5.41, 5.74) is 0.264. The summed E-state index contributed by atoms with van der Waals surface area (Å²) in [6, 6.07) is 1.26. The zero-order valence-electron chi connectivity index (χ0n) is 17.1. The molecule has 1 saturated carbocycles. The summed E-state index contributed by atoms with van der Waals surface area (Å²) in [4.78, 5) is 28.6. The molecule has 1 aliphatic carbocycles. The summed E-state index contributed by atoms with van der Waals surface area (Å²) < 4.78 is 22.2. The number of methoxy groups -OCH3 is 1. The minimum Gasteiger partial charge on any atom is -0.477 e. The number of benzene rings is 1. The quantitative estimate of drug-likeness (QED) is 0.772. The van der Waals surface area contributed by atoms with Crippen LogP contribution in [0.25, 0.3) is 10.9 Å². The number of rotatable bonds is 4. The Labute approximate surface area is 173 Å². The third-order valence-corrected chi connectivity index (χ3v) is 5.66. The lowest BCUT2D eigenvalue weighted by atomic mass is 10.0. The second kappa shape index (κ2) is 8.09. The number of carboxylic acid groups (broad SMARTS) is 1. The van der Waals surface area contributed by atoms with E-state index in [1.807, 2.05) is 11.9 Å². The molecule has 2 aliphatic rings. The van der Waals surface area contributed by atoms with Crippen LogP contribution in [0, 0.1) is 17.7 Å². The van der Waals surface area contributed by atoms with Gasteiger partial charge in [-0.1, -0.05) is 11.8 Å². The number of carbonyl (C=O) groups is 1. The van der Waals surface area contributed by atoms with Gasteiger partial charge in [-0.3, -0.25) is 4.79 Å². The average Bonchev–Trinajstić information content (AvgIpc) is 3.55. The molecule has 158 valence electrons. The summed E-state index contributed by atoms with van der Waals surface area (Å²) in [5.74, 6) is 4.05. The number of halogens is 1. The van der Waals surface area contributed by atoms with Crippen LogP contribution in [0.3, 0.4) is 0 Å². The molecule has 1 N–H and O–H groups in total. The molecule has 1 aromatic carbocycles. The molecule has 2 fully saturated rings. The summed E-state index contributed by atoms with van der Waals surface area (Å²) in [7, 11) is 3.55. The highest BCUT2D eigenvalue weighted by Gasteiger charge is 2.30. The van der Waals surface area contributed by atoms with Gasteiger partial charge in [-0.15, -0.1) is 0 Å². The monoisotopic (exact) mass is 413 g/mol. The second-order valence-electron chi connectivity index (χ2n) is 7.82. The van der Waals surface area contributed by atoms with E-state index in [-0.39, 0.29) is 23.6 Å². The second-order valence-corrected chi connectivity index (χ2v) is 7.82. The molecular weight excluding hydrogens is 389 g/mol. The predicted molar refractivity (Wildman–Crippen MR) is 112 cm³/mol. The van der Waals surface area contributed by atoms with E-state index in [0.717, 1.165) is 25.9 Å². The van der Waals surface area contributed by atoms with Crippen molar-refractivity contribution in [1.82, 2.24) is 9.47 Å². The number of aromatic carboxylic acids is 1. The highest BCUT2D eigenvalue weighted by atomic mass is 19.1. The fourth-order valence-corrected chi connectivity index (χ4v) is 3.93. The fraction of sp³-hybridized carbons (Fsp3) is 0.455. The van der Waals surface area contributed by atoms with Crippen LogP contribution in [0.4, 0.5) is 10.1 Å². The van der Waals surface area contributed by atoms with Gasteiger partial charge < -0.3 is 24.2 Å². The Hall–Kier alpha value is -2.89. The smallest absolute Gasteiger partial charge is 0.341 e. The van der Waals surface area contributed by atoms with E-state index in [4.69, 9.17) is 4.74 Å². The number of piperazine rings is 1. The number of fused-ring (bicyclic) bond motifs is 1. The number of carboxylic acids is 1. The molecule has 2 heterocycles. The van der Waals surface area contributed by atoms with E-state index in [0.29, 0.717) is 29.9 Å². The highest BCUT2D eigenvalue weighted by Crippen LogP contribution is 2.40. The van der Waals surface area contributed by atoms with Crippen LogP contribution >= 0.6 is 0 Å². The van der Waals surface area contributed by atoms with Gasteiger partial charge in [0, 0.05) is 45.5 Å². The van der Waals surface area contributed by atoms with Crippen molar-refractivity contribution < 1.29 is 19.0 Å². The summed E-state index contributed by atoms with van der Waals surface area (Å²) in [5, 5.41) is 9.54. The van der Waals surface area contributed by atoms with Gasteiger partial charge in [-0.2, -0.15) is 0 Å². The number of ether oxygens (including phenoxy) is 1. The van der Waals surface area contributed by atoms with Gasteiger partial charge in [0.05, 0.1) is 22.2 Å². The van der Waals surface area contributed by atoms with Gasteiger partial charge in [-0.05, 0) is 26.0 Å². The number of aromatic nitrogens is 1. The van der Waals surface area contributed by atoms with Crippen LogP contribution in [0.1, 0.15) is 34.8 Å². The number of nitrogens with zero attached hydrogens (tertiary/aromatic N) is 3. The normalized spacial score (nSPS) is 17.1. The molecule has 0 atom stereocenters. The Balaban J connectivity index is 2.04. The highest BCUT2D eigenvalue weighted by molar-refractivity contribution is 5.97. The summed E-state index contributed by atoms with van der Waals surface area (Å²) in [6.07, 6.45) is 3.14. The van der Waals surface area contributed by atoms with Crippen LogP contribution < -0.4 is 10.3 Å². The zero-order chi connectivity index (χ0) is 21.4. The van der Waals surface area contributed by atoms with Crippen LogP contribution in [0.5, 0.6) is 0 Å². The van der Waals surface area contributed by atoms with E-state index >= 15 is 4.39 Å². The average molecular weight is 413 g/mol. The fourth-order valence-electron chi connectivity index (χ4n) is 3.93. The molecule has 0 bridgehead atoms. The van der Waals surface area contributed by atoms with E-state index < -0.39 is 17.2 Å². The Kier molecular flexibility index (Phi) is 5.50. The summed E-state index contributed by atoms with van der Waals surface area (Å²) in [6.45, 7) is 3.02. The SMILES string of the molecule is COCC#Cc1c(N2CCN(C)CC2)c(F)cc2c(=O)c(C(=O)O)cn(C3CC3)c12. The first kappa shape index (κ1) is 20.4. The van der Waals surface area contributed by atoms with Crippen molar-refractivity contribution in [2.24, 2.45) is 0 Å². The first-order valence-corrected chi connectivity index (χ1v) is 9.98. The molecular formula is C22H24FN3O4. The molecule has 1 aliphatic heterocycles. The molecule has 30 heavy (non-hydrogen) atoms. The summed E-state index contributed by atoms with van der Waals surface area (Å²) >= 11 is 0. The van der Waals surface area contributed by atoms with Gasteiger partial charge in [0.15, 0.2) is 0 Å². The van der Waals surface area contributed by atoms with E-state index in [9.17, 15) is 14.7 Å². The Morgan fingerprint density at radius 3 is 2.60 bits per heavy atom. The number of hydrogen-bond donors (Lipinski definition) is 1. The first-order valence-electron chi connectivity index (χ1n) is 9.98. The number of anilines is 1. The Bertz CT molecular complexity index is 1120. The van der Waals surface area contributed by atoms with Gasteiger partial charge in [-0.25, -0.2) is 9.18 Å². The Morgan fingerprint density at radius 2 is 2.00 bits per heavy atom. The van der Waals surface area contributed by atoms with Crippen LogP contribution in [-0.4, -0.2) is 67.5 Å². The lowest BCUT2D eigenvalue weighted by Crippen LogP contribution is -2.45. The molecule has 8 heteroatoms. The molecule has 7 nitrogen and oxygen atoms in total. The van der Waals surface area contributed by atoms with Gasteiger partial charge in [0.1, 0.15) is 18.0 Å². The molecule has 0 unspecified atom stereocenters. The van der Waals surface area contributed by atoms with Crippen LogP contribution in [-0.2, 0) is 4.74 Å². The minimum atomic E-state index is -1.31. The largest absolute Gasteiger partial charge is 0.477 e. The number of hydrogen-bond acceptors (Lipinski definition) is 5. The third kappa shape index (κ3) is 3.66. The minimum absolute atomic E-state index is 0.0545. The number of pyridine rings is 1. The molecule has 1 aromatic heterocycles. The van der Waals surface area contributed by atoms with Crippen molar-refractivity contribution >= 4 is 22.6 Å². The molecule has 1 saturated heterocycles. The number of likely N-dealkylation sites (N-methyl/N-ethyl adjacent to an activating group) is 1. The molecule has 2 aromatic rings. The maximum atomic E-state index is 15.4. The van der Waals surface area contributed by atoms with E-state index in [1.165, 1.54) is 19.4 Å². The van der Waals surface area contributed by atoms with Crippen LogP contribution in [0.15, 0.2) is 17.1 Å². The van der Waals surface area contributed by atoms with E-state index in [2.05, 4.69) is 16.7 Å². The van der Waals surface area contributed by atoms with Crippen molar-refractivity contribution in [3.8, 4) is 11.8 Å². The third-order valence-electron chi connectivity index (χ3n) is 5.66. The lowest BCUT2D eigenvalue weighted by Gasteiger charge is -2.35. The van der Waals surface area contributed by atoms with Gasteiger partial charge >= 0.3 is 5.97 Å². The maximum Gasteiger partial charge on any atom is 0.341 e. The zero-order valence-corrected chi connectivity index (χ0v) is 17.1. The molecule has 4 rings (SSSR count). The Morgan fingerprint density at radius 1 is 1.30 bits per heavy atom. The van der Waals surface area contributed by atoms with Crippen molar-refractivity contribution in [3.63, 3.8) is 0 Å². The topological polar surface area (TPSA) is 75.0 Å². The standard InChI is InChI=1S/C22H24FN3O4/c1-24-7-9-25(10-8-24)20-15(4-3-11-30-2)19-16(12-18(20)23)21(27)17(22(28)29)13-26(19)14-5-6-14/h12-14H,5-11H2,1-2H3,(H,28,29). The van der Waals surface area contributed by atoms with Crippen molar-refractivity contribution in [3.05, 3.63) is 39.4 Å². The van der Waals surface area contributed by atoms with Crippen molar-refractivity contribution in [2.75, 3.05) is 51.8 Å². The first-order chi connectivity index (χ1) is 14.4. The molecule has 0 spiro atoms. The molecule has 0 amide bonds. The van der Waals surface area contributed by atoms with E-state index in [1.54, 1.807) is 4.57 Å². The van der Waals surface area contributed by atoms with Crippen LogP contribution in [0.2, 0.25) is 0 Å². The lowest BCUT2D eigenvalue weighted by molar-refractivity contribution is 0.0695. The predicted octanol–water partition coefficient (Wildman–Crippen LogP) is 1.92. The molecule has 0 radical (unpaired) electrons. The maximum absolute atomic E-state index is 15.4. The van der Waals surface area contributed by atoms with Crippen molar-refractivity contribution in [1.29, 1.82) is 0 Å².